The highest BCUT2D eigenvalue weighted by Gasteiger charge is 2.71. The average molecular weight is 517 g/mol. The minimum Gasteiger partial charge on any atom is -0.450 e. The van der Waals surface area contributed by atoms with Crippen molar-refractivity contribution in [3.63, 3.8) is 0 Å². The highest BCUT2D eigenvalue weighted by molar-refractivity contribution is 5.85. The van der Waals surface area contributed by atoms with Crippen LogP contribution >= 0.6 is 0 Å². The maximum atomic E-state index is 14.1. The van der Waals surface area contributed by atoms with Crippen molar-refractivity contribution < 1.29 is 29.6 Å². The summed E-state index contributed by atoms with van der Waals surface area (Å²) in [6, 6.07) is 0. The number of Topliss-reactive ketones (excluding diaryl/α,β-unsaturated/α-hetero) is 1. The van der Waals surface area contributed by atoms with Gasteiger partial charge >= 0.3 is 6.16 Å². The number of rotatable bonds is 2. The number of aliphatic hydroxyl groups is 2. The SMILES string of the molecule is C[C@@H]1CC[C@]2(COC(=O)O)CC[C@]3(C)C(=CC[C@@H]4[C@@]5(C)CC[C@H](O)C(C)(C)C5C(=O)C[C@]43C)[C@@H]2[C@]1(C)O. The maximum Gasteiger partial charge on any atom is 0.505 e. The highest BCUT2D eigenvalue weighted by Crippen LogP contribution is 2.75. The summed E-state index contributed by atoms with van der Waals surface area (Å²) in [6.07, 6.45) is 6.88. The van der Waals surface area contributed by atoms with Crippen LogP contribution in [-0.4, -0.2) is 45.6 Å². The number of aliphatic hydroxyl groups excluding tert-OH is 1. The monoisotopic (exact) mass is 516 g/mol. The summed E-state index contributed by atoms with van der Waals surface area (Å²) < 4.78 is 5.25. The first kappa shape index (κ1) is 27.2. The molecule has 3 N–H and O–H groups in total. The molecule has 37 heavy (non-hydrogen) atoms. The topological polar surface area (TPSA) is 104 Å². The number of ketones is 1. The van der Waals surface area contributed by atoms with Crippen molar-refractivity contribution in [2.24, 2.45) is 50.7 Å². The van der Waals surface area contributed by atoms with E-state index < -0.39 is 28.7 Å². The van der Waals surface area contributed by atoms with Gasteiger partial charge in [-0.05, 0) is 80.0 Å². The van der Waals surface area contributed by atoms with Crippen LogP contribution in [0.3, 0.4) is 0 Å². The molecule has 0 aliphatic heterocycles. The van der Waals surface area contributed by atoms with Crippen molar-refractivity contribution in [2.75, 3.05) is 6.61 Å². The van der Waals surface area contributed by atoms with Gasteiger partial charge in [-0.15, -0.1) is 0 Å². The number of ether oxygens (including phenoxy) is 1. The highest BCUT2D eigenvalue weighted by atomic mass is 16.7. The first-order chi connectivity index (χ1) is 17.0. The van der Waals surface area contributed by atoms with Crippen molar-refractivity contribution in [3.8, 4) is 0 Å². The molecule has 5 rings (SSSR count). The number of carbonyl (C=O) groups is 2. The van der Waals surface area contributed by atoms with Crippen LogP contribution in [0.5, 0.6) is 0 Å². The summed E-state index contributed by atoms with van der Waals surface area (Å²) in [4.78, 5) is 25.6. The number of fused-ring (bicyclic) bond motifs is 7. The van der Waals surface area contributed by atoms with Gasteiger partial charge in [0.25, 0.3) is 0 Å². The van der Waals surface area contributed by atoms with Gasteiger partial charge < -0.3 is 20.1 Å². The predicted molar refractivity (Wildman–Crippen MR) is 141 cm³/mol. The smallest absolute Gasteiger partial charge is 0.450 e. The summed E-state index contributed by atoms with van der Waals surface area (Å²) >= 11 is 0. The second-order valence-corrected chi connectivity index (χ2v) is 15.2. The normalized spacial score (nSPS) is 52.6. The van der Waals surface area contributed by atoms with Crippen molar-refractivity contribution in [3.05, 3.63) is 11.6 Å². The summed E-state index contributed by atoms with van der Waals surface area (Å²) in [7, 11) is 0. The van der Waals surface area contributed by atoms with Crippen LogP contribution in [0, 0.1) is 50.7 Å². The fourth-order valence-corrected chi connectivity index (χ4v) is 10.9. The van der Waals surface area contributed by atoms with Crippen LogP contribution in [0.15, 0.2) is 11.6 Å². The third-order valence-electron chi connectivity index (χ3n) is 13.3. The standard InChI is InChI=1S/C31H48O6/c1-18-10-13-31(17-37-25(34)35)15-14-28(5)19(23(31)30(18,7)36)8-9-21-27(4)12-11-22(33)26(2,3)24(27)20(32)16-29(21,28)6/h8,18,21-24,33,36H,9-17H2,1-7H3,(H,34,35)/t18-,21-,22+,23-,24?,27-,28-,29-,30-,31-/m1/s1. The number of allylic oxidation sites excluding steroid dienone is 1. The molecule has 0 spiro atoms. The van der Waals surface area contributed by atoms with E-state index in [-0.39, 0.29) is 46.4 Å². The molecule has 0 aromatic heterocycles. The lowest BCUT2D eigenvalue weighted by Gasteiger charge is -2.71. The molecule has 5 aliphatic carbocycles. The summed E-state index contributed by atoms with van der Waals surface area (Å²) in [5, 5.41) is 32.3. The number of carbonyl (C=O) groups excluding carboxylic acids is 1. The summed E-state index contributed by atoms with van der Waals surface area (Å²) in [5.41, 5.74) is -1.38. The largest absolute Gasteiger partial charge is 0.505 e. The zero-order valence-corrected chi connectivity index (χ0v) is 23.9. The first-order valence-corrected chi connectivity index (χ1v) is 14.5. The Labute approximate surface area is 222 Å². The van der Waals surface area contributed by atoms with Gasteiger partial charge in [0.1, 0.15) is 12.4 Å². The fraction of sp³-hybridized carbons (Fsp3) is 0.871. The van der Waals surface area contributed by atoms with Crippen LogP contribution in [0.4, 0.5) is 4.79 Å². The molecule has 0 bridgehead atoms. The lowest BCUT2D eigenvalue weighted by Crippen LogP contribution is -2.69. The maximum absolute atomic E-state index is 14.1. The van der Waals surface area contributed by atoms with Crippen LogP contribution in [0.1, 0.15) is 99.8 Å². The molecule has 0 amide bonds. The van der Waals surface area contributed by atoms with Gasteiger partial charge in [-0.3, -0.25) is 4.79 Å². The van der Waals surface area contributed by atoms with Gasteiger partial charge in [-0.2, -0.15) is 0 Å². The van der Waals surface area contributed by atoms with E-state index in [0.29, 0.717) is 12.3 Å². The van der Waals surface area contributed by atoms with Crippen LogP contribution in [0.25, 0.3) is 0 Å². The molecule has 0 radical (unpaired) electrons. The zero-order valence-electron chi connectivity index (χ0n) is 23.9. The van der Waals surface area contributed by atoms with Crippen LogP contribution < -0.4 is 0 Å². The first-order valence-electron chi connectivity index (χ1n) is 14.5. The van der Waals surface area contributed by atoms with E-state index in [9.17, 15) is 24.9 Å². The number of carboxylic acid groups (broad SMARTS) is 1. The van der Waals surface area contributed by atoms with Crippen LogP contribution in [0.2, 0.25) is 0 Å². The van der Waals surface area contributed by atoms with Crippen molar-refractivity contribution >= 4 is 11.9 Å². The minimum absolute atomic E-state index is 0.0831. The molecule has 0 aromatic rings. The van der Waals surface area contributed by atoms with Crippen LogP contribution in [-0.2, 0) is 9.53 Å². The Bertz CT molecular complexity index is 1030. The molecule has 0 aromatic carbocycles. The molecule has 6 heteroatoms. The van der Waals surface area contributed by atoms with E-state index in [4.69, 9.17) is 4.74 Å². The van der Waals surface area contributed by atoms with E-state index in [1.54, 1.807) is 0 Å². The van der Waals surface area contributed by atoms with Gasteiger partial charge in [0, 0.05) is 29.1 Å². The average Bonchev–Trinajstić information content (AvgIpc) is 2.78. The van der Waals surface area contributed by atoms with Gasteiger partial charge in [0.2, 0.25) is 0 Å². The van der Waals surface area contributed by atoms with E-state index >= 15 is 0 Å². The van der Waals surface area contributed by atoms with E-state index in [2.05, 4.69) is 47.6 Å². The molecule has 5 aliphatic rings. The molecule has 0 saturated heterocycles. The van der Waals surface area contributed by atoms with E-state index in [0.717, 1.165) is 44.9 Å². The van der Waals surface area contributed by atoms with Gasteiger partial charge in [0.05, 0.1) is 11.7 Å². The molecular weight excluding hydrogens is 468 g/mol. The van der Waals surface area contributed by atoms with E-state index in [1.807, 2.05) is 6.92 Å². The Morgan fingerprint density at radius 1 is 1.03 bits per heavy atom. The molecular formula is C31H48O6. The predicted octanol–water partition coefficient (Wildman–Crippen LogP) is 5.99. The Balaban J connectivity index is 1.63. The molecule has 10 atom stereocenters. The van der Waals surface area contributed by atoms with Crippen molar-refractivity contribution in [1.82, 2.24) is 0 Å². The summed E-state index contributed by atoms with van der Waals surface area (Å²) in [6.45, 7) is 15.2. The Kier molecular flexibility index (Phi) is 5.92. The number of hydrogen-bond donors (Lipinski definition) is 3. The van der Waals surface area contributed by atoms with Gasteiger partial charge in [-0.1, -0.05) is 53.2 Å². The number of hydrogen-bond acceptors (Lipinski definition) is 5. The third kappa shape index (κ3) is 3.36. The Morgan fingerprint density at radius 3 is 2.35 bits per heavy atom. The van der Waals surface area contributed by atoms with Crippen molar-refractivity contribution in [2.45, 2.75) is 112 Å². The lowest BCUT2D eigenvalue weighted by atomic mass is 9.33. The third-order valence-corrected chi connectivity index (χ3v) is 13.3. The lowest BCUT2D eigenvalue weighted by molar-refractivity contribution is -0.213. The second kappa shape index (κ2) is 8.06. The molecule has 1 unspecified atom stereocenters. The molecule has 4 saturated carbocycles. The van der Waals surface area contributed by atoms with Crippen molar-refractivity contribution in [1.29, 1.82) is 0 Å². The second-order valence-electron chi connectivity index (χ2n) is 15.2. The zero-order chi connectivity index (χ0) is 27.4. The summed E-state index contributed by atoms with van der Waals surface area (Å²) in [5.74, 6) is 0.300. The quantitative estimate of drug-likeness (QED) is 0.307. The molecule has 208 valence electrons. The fourth-order valence-electron chi connectivity index (χ4n) is 10.9. The Hall–Kier alpha value is -1.40. The van der Waals surface area contributed by atoms with Gasteiger partial charge in [-0.25, -0.2) is 4.79 Å². The molecule has 6 nitrogen and oxygen atoms in total. The van der Waals surface area contributed by atoms with Gasteiger partial charge in [0.15, 0.2) is 0 Å². The minimum atomic E-state index is -1.26. The molecule has 0 heterocycles. The molecule has 4 fully saturated rings. The van der Waals surface area contributed by atoms with E-state index in [1.165, 1.54) is 5.57 Å². The Morgan fingerprint density at radius 2 is 1.70 bits per heavy atom.